The number of hydrogen-bond acceptors (Lipinski definition) is 7. The third kappa shape index (κ3) is 3.61. The molecular weight excluding hydrogens is 404 g/mol. The number of imide groups is 1. The molecule has 2 amide bonds. The second-order valence-electron chi connectivity index (χ2n) is 8.36. The SMILES string of the molecule is CNc1sc2c(c1C(=O)OC(C)(C)C)CC(CN1C(=O)c3ccccc3C1=O)OC2. The number of ether oxygens (including phenoxy) is 2. The van der Waals surface area contributed by atoms with Gasteiger partial charge in [0.1, 0.15) is 10.6 Å². The van der Waals surface area contributed by atoms with E-state index in [1.54, 1.807) is 31.3 Å². The zero-order chi connectivity index (χ0) is 21.6. The monoisotopic (exact) mass is 428 g/mol. The van der Waals surface area contributed by atoms with Crippen molar-refractivity contribution in [3.63, 3.8) is 0 Å². The summed E-state index contributed by atoms with van der Waals surface area (Å²) in [6.45, 7) is 5.96. The first kappa shape index (κ1) is 20.6. The van der Waals surface area contributed by atoms with Crippen molar-refractivity contribution >= 4 is 34.1 Å². The molecule has 0 radical (unpaired) electrons. The fraction of sp³-hybridized carbons (Fsp3) is 0.409. The number of anilines is 1. The zero-order valence-electron chi connectivity index (χ0n) is 17.4. The number of amides is 2. The normalized spacial score (nSPS) is 18.3. The molecule has 1 unspecified atom stereocenters. The van der Waals surface area contributed by atoms with Crippen LogP contribution in [0.15, 0.2) is 24.3 Å². The summed E-state index contributed by atoms with van der Waals surface area (Å²) in [6, 6.07) is 6.81. The first-order chi connectivity index (χ1) is 14.2. The Morgan fingerprint density at radius 2 is 1.87 bits per heavy atom. The lowest BCUT2D eigenvalue weighted by Gasteiger charge is -2.27. The van der Waals surface area contributed by atoms with Crippen LogP contribution in [-0.4, -0.2) is 48.0 Å². The Labute approximate surface area is 179 Å². The summed E-state index contributed by atoms with van der Waals surface area (Å²) in [4.78, 5) is 40.4. The lowest BCUT2D eigenvalue weighted by molar-refractivity contribution is 0.00351. The Kier molecular flexibility index (Phi) is 5.15. The van der Waals surface area contributed by atoms with E-state index in [2.05, 4.69) is 5.32 Å². The molecule has 0 spiro atoms. The molecule has 8 heteroatoms. The minimum Gasteiger partial charge on any atom is -0.456 e. The second-order valence-corrected chi connectivity index (χ2v) is 9.47. The number of carbonyl (C=O) groups is 3. The molecule has 0 fully saturated rings. The Morgan fingerprint density at radius 1 is 1.23 bits per heavy atom. The van der Waals surface area contributed by atoms with Crippen molar-refractivity contribution in [2.45, 2.75) is 45.5 Å². The Balaban J connectivity index is 1.57. The lowest BCUT2D eigenvalue weighted by Crippen LogP contribution is -2.40. The smallest absolute Gasteiger partial charge is 0.341 e. The molecule has 3 heterocycles. The molecule has 30 heavy (non-hydrogen) atoms. The number of benzene rings is 1. The van der Waals surface area contributed by atoms with Gasteiger partial charge in [0.15, 0.2) is 0 Å². The highest BCUT2D eigenvalue weighted by Gasteiger charge is 2.39. The zero-order valence-corrected chi connectivity index (χ0v) is 18.2. The van der Waals surface area contributed by atoms with Gasteiger partial charge in [0.25, 0.3) is 11.8 Å². The van der Waals surface area contributed by atoms with E-state index < -0.39 is 5.60 Å². The van der Waals surface area contributed by atoms with Gasteiger partial charge in [0.2, 0.25) is 0 Å². The van der Waals surface area contributed by atoms with E-state index >= 15 is 0 Å². The number of fused-ring (bicyclic) bond motifs is 2. The Morgan fingerprint density at radius 3 is 2.43 bits per heavy atom. The molecule has 2 aliphatic rings. The molecule has 0 saturated heterocycles. The average Bonchev–Trinajstić information content (AvgIpc) is 3.17. The van der Waals surface area contributed by atoms with Gasteiger partial charge in [-0.3, -0.25) is 14.5 Å². The predicted octanol–water partition coefficient (Wildman–Crippen LogP) is 3.48. The topological polar surface area (TPSA) is 84.9 Å². The van der Waals surface area contributed by atoms with Crippen molar-refractivity contribution in [3.05, 3.63) is 51.4 Å². The maximum atomic E-state index is 12.9. The summed E-state index contributed by atoms with van der Waals surface area (Å²) < 4.78 is 11.5. The lowest BCUT2D eigenvalue weighted by atomic mass is 10.00. The Hall–Kier alpha value is -2.71. The molecule has 7 nitrogen and oxygen atoms in total. The quantitative estimate of drug-likeness (QED) is 0.593. The first-order valence-corrected chi connectivity index (χ1v) is 10.6. The van der Waals surface area contributed by atoms with E-state index in [0.29, 0.717) is 29.7 Å². The molecule has 0 aliphatic carbocycles. The van der Waals surface area contributed by atoms with Gasteiger partial charge in [0.05, 0.1) is 35.9 Å². The van der Waals surface area contributed by atoms with E-state index in [0.717, 1.165) is 15.4 Å². The van der Waals surface area contributed by atoms with Crippen LogP contribution < -0.4 is 5.32 Å². The number of nitrogens with one attached hydrogen (secondary N) is 1. The maximum Gasteiger partial charge on any atom is 0.341 e. The molecule has 1 aromatic heterocycles. The van der Waals surface area contributed by atoms with Crippen LogP contribution in [0, 0.1) is 0 Å². The number of thiophene rings is 1. The third-order valence-electron chi connectivity index (χ3n) is 5.07. The first-order valence-electron chi connectivity index (χ1n) is 9.82. The average molecular weight is 429 g/mol. The van der Waals surface area contributed by atoms with Gasteiger partial charge in [-0.1, -0.05) is 12.1 Å². The van der Waals surface area contributed by atoms with E-state index in [-0.39, 0.29) is 30.4 Å². The van der Waals surface area contributed by atoms with Gasteiger partial charge in [-0.15, -0.1) is 11.3 Å². The summed E-state index contributed by atoms with van der Waals surface area (Å²) >= 11 is 1.47. The van der Waals surface area contributed by atoms with Crippen LogP contribution in [0.1, 0.15) is 62.3 Å². The highest BCUT2D eigenvalue weighted by molar-refractivity contribution is 7.16. The third-order valence-corrected chi connectivity index (χ3v) is 6.29. The van der Waals surface area contributed by atoms with Crippen molar-refractivity contribution < 1.29 is 23.9 Å². The second kappa shape index (κ2) is 7.52. The fourth-order valence-electron chi connectivity index (χ4n) is 3.77. The maximum absolute atomic E-state index is 12.9. The summed E-state index contributed by atoms with van der Waals surface area (Å²) in [5.74, 6) is -0.997. The number of carbonyl (C=O) groups excluding carboxylic acids is 3. The number of hydrogen-bond donors (Lipinski definition) is 1. The molecule has 2 aromatic rings. The van der Waals surface area contributed by atoms with Crippen LogP contribution in [0.2, 0.25) is 0 Å². The van der Waals surface area contributed by atoms with Crippen LogP contribution in [0.4, 0.5) is 5.00 Å². The summed E-state index contributed by atoms with van der Waals surface area (Å²) in [5.41, 5.74) is 1.61. The molecule has 0 saturated carbocycles. The Bertz CT molecular complexity index is 1000. The van der Waals surface area contributed by atoms with E-state index in [1.807, 2.05) is 20.8 Å². The highest BCUT2D eigenvalue weighted by Crippen LogP contribution is 2.39. The van der Waals surface area contributed by atoms with Crippen LogP contribution in [-0.2, 0) is 22.5 Å². The molecule has 4 rings (SSSR count). The summed E-state index contributed by atoms with van der Waals surface area (Å²) in [7, 11) is 1.77. The van der Waals surface area contributed by atoms with Crippen LogP contribution >= 0.6 is 11.3 Å². The molecule has 2 aliphatic heterocycles. The van der Waals surface area contributed by atoms with Gasteiger partial charge in [0, 0.05) is 18.3 Å². The minimum atomic E-state index is -0.609. The van der Waals surface area contributed by atoms with Crippen molar-refractivity contribution in [3.8, 4) is 0 Å². The van der Waals surface area contributed by atoms with Crippen LogP contribution in [0.5, 0.6) is 0 Å². The molecule has 158 valence electrons. The van der Waals surface area contributed by atoms with Crippen molar-refractivity contribution in [2.24, 2.45) is 0 Å². The summed E-state index contributed by atoms with van der Waals surface area (Å²) in [6.07, 6.45) is 0.0374. The predicted molar refractivity (Wildman–Crippen MR) is 113 cm³/mol. The molecule has 1 aromatic carbocycles. The van der Waals surface area contributed by atoms with E-state index in [4.69, 9.17) is 9.47 Å². The highest BCUT2D eigenvalue weighted by atomic mass is 32.1. The number of rotatable bonds is 4. The molecule has 1 N–H and O–H groups in total. The molecular formula is C22H24N2O5S. The van der Waals surface area contributed by atoms with Gasteiger partial charge in [-0.05, 0) is 38.5 Å². The van der Waals surface area contributed by atoms with Crippen molar-refractivity contribution in [2.75, 3.05) is 18.9 Å². The van der Waals surface area contributed by atoms with Crippen molar-refractivity contribution in [1.29, 1.82) is 0 Å². The van der Waals surface area contributed by atoms with Crippen molar-refractivity contribution in [1.82, 2.24) is 4.90 Å². The van der Waals surface area contributed by atoms with Gasteiger partial charge in [-0.25, -0.2) is 4.79 Å². The molecule has 1 atom stereocenters. The fourth-order valence-corrected chi connectivity index (χ4v) is 4.86. The number of esters is 1. The summed E-state index contributed by atoms with van der Waals surface area (Å²) in [5, 5.41) is 3.81. The van der Waals surface area contributed by atoms with Crippen LogP contribution in [0.3, 0.4) is 0 Å². The standard InChI is InChI=1S/C22H24N2O5S/c1-22(2,3)29-21(27)17-15-9-12(28-11-16(15)30-18(17)23-4)10-24-19(25)13-7-5-6-8-14(13)20(24)26/h5-8,12,23H,9-11H2,1-4H3. The molecule has 0 bridgehead atoms. The number of nitrogens with zero attached hydrogens (tertiary/aromatic N) is 1. The van der Waals surface area contributed by atoms with E-state index in [9.17, 15) is 14.4 Å². The van der Waals surface area contributed by atoms with Gasteiger partial charge in [-0.2, -0.15) is 0 Å². The van der Waals surface area contributed by atoms with E-state index in [1.165, 1.54) is 16.2 Å². The minimum absolute atomic E-state index is 0.143. The van der Waals surface area contributed by atoms with Gasteiger partial charge < -0.3 is 14.8 Å². The van der Waals surface area contributed by atoms with Crippen LogP contribution in [0.25, 0.3) is 0 Å². The van der Waals surface area contributed by atoms with Gasteiger partial charge >= 0.3 is 5.97 Å². The largest absolute Gasteiger partial charge is 0.456 e.